The summed E-state index contributed by atoms with van der Waals surface area (Å²) in [6.07, 6.45) is 0.738. The van der Waals surface area contributed by atoms with E-state index in [4.69, 9.17) is 9.26 Å². The minimum absolute atomic E-state index is 0.188. The van der Waals surface area contributed by atoms with Gasteiger partial charge in [-0.05, 0) is 6.92 Å². The molecular formula is C12H13N3O3S. The Kier molecular flexibility index (Phi) is 3.31. The van der Waals surface area contributed by atoms with Crippen molar-refractivity contribution >= 4 is 17.2 Å². The SMILES string of the molecule is Cc1csc(C(=O)NCc2noc3c2COCC3)n1. The van der Waals surface area contributed by atoms with Gasteiger partial charge in [-0.15, -0.1) is 11.3 Å². The van der Waals surface area contributed by atoms with Crippen molar-refractivity contribution in [2.75, 3.05) is 6.61 Å². The number of aryl methyl sites for hydroxylation is 1. The standard InChI is InChI=1S/C12H13N3O3S/c1-7-6-19-12(14-7)11(16)13-4-9-8-5-17-3-2-10(8)18-15-9/h6H,2-5H2,1H3,(H,13,16). The number of nitrogens with one attached hydrogen (secondary N) is 1. The number of hydrogen-bond donors (Lipinski definition) is 1. The number of ether oxygens (including phenoxy) is 1. The molecule has 2 aromatic rings. The average Bonchev–Trinajstić information content (AvgIpc) is 3.02. The van der Waals surface area contributed by atoms with Crippen molar-refractivity contribution in [1.29, 1.82) is 0 Å². The fourth-order valence-electron chi connectivity index (χ4n) is 1.92. The van der Waals surface area contributed by atoms with Gasteiger partial charge in [-0.25, -0.2) is 4.98 Å². The molecule has 2 aromatic heterocycles. The van der Waals surface area contributed by atoms with Crippen LogP contribution in [0.4, 0.5) is 0 Å². The zero-order valence-electron chi connectivity index (χ0n) is 10.4. The molecule has 0 saturated carbocycles. The van der Waals surface area contributed by atoms with E-state index >= 15 is 0 Å². The van der Waals surface area contributed by atoms with Gasteiger partial charge in [0.25, 0.3) is 5.91 Å². The Hall–Kier alpha value is -1.73. The van der Waals surface area contributed by atoms with E-state index in [-0.39, 0.29) is 5.91 Å². The molecule has 0 radical (unpaired) electrons. The number of carbonyl (C=O) groups is 1. The van der Waals surface area contributed by atoms with Gasteiger partial charge in [0.1, 0.15) is 11.5 Å². The fourth-order valence-corrected chi connectivity index (χ4v) is 2.63. The molecule has 0 aliphatic carbocycles. The van der Waals surface area contributed by atoms with E-state index in [1.165, 1.54) is 11.3 Å². The van der Waals surface area contributed by atoms with Gasteiger partial charge < -0.3 is 14.6 Å². The summed E-state index contributed by atoms with van der Waals surface area (Å²) in [6, 6.07) is 0. The minimum atomic E-state index is -0.188. The van der Waals surface area contributed by atoms with Crippen LogP contribution >= 0.6 is 11.3 Å². The number of amides is 1. The highest BCUT2D eigenvalue weighted by atomic mass is 32.1. The Morgan fingerprint density at radius 1 is 1.58 bits per heavy atom. The van der Waals surface area contributed by atoms with Crippen LogP contribution in [0.15, 0.2) is 9.90 Å². The molecule has 100 valence electrons. The Bertz CT molecular complexity index is 605. The molecule has 1 aliphatic heterocycles. The molecule has 3 rings (SSSR count). The number of fused-ring (bicyclic) bond motifs is 1. The van der Waals surface area contributed by atoms with E-state index in [2.05, 4.69) is 15.5 Å². The molecule has 0 aromatic carbocycles. The fraction of sp³-hybridized carbons (Fsp3) is 0.417. The molecule has 0 spiro atoms. The van der Waals surface area contributed by atoms with Crippen LogP contribution in [0, 0.1) is 6.92 Å². The van der Waals surface area contributed by atoms with Gasteiger partial charge in [-0.1, -0.05) is 5.16 Å². The smallest absolute Gasteiger partial charge is 0.280 e. The average molecular weight is 279 g/mol. The van der Waals surface area contributed by atoms with E-state index in [1.54, 1.807) is 0 Å². The van der Waals surface area contributed by atoms with Crippen molar-refractivity contribution in [2.45, 2.75) is 26.5 Å². The second-order valence-corrected chi connectivity index (χ2v) is 5.17. The van der Waals surface area contributed by atoms with Gasteiger partial charge >= 0.3 is 0 Å². The zero-order valence-corrected chi connectivity index (χ0v) is 11.2. The second-order valence-electron chi connectivity index (χ2n) is 4.31. The van der Waals surface area contributed by atoms with E-state index in [9.17, 15) is 4.79 Å². The van der Waals surface area contributed by atoms with E-state index in [1.807, 2.05) is 12.3 Å². The quantitative estimate of drug-likeness (QED) is 0.920. The topological polar surface area (TPSA) is 77.2 Å². The summed E-state index contributed by atoms with van der Waals surface area (Å²) >= 11 is 1.33. The number of hydrogen-bond acceptors (Lipinski definition) is 6. The summed E-state index contributed by atoms with van der Waals surface area (Å²) in [5.74, 6) is 0.673. The Labute approximate surface area is 113 Å². The van der Waals surface area contributed by atoms with Gasteiger partial charge in [-0.2, -0.15) is 0 Å². The first-order chi connectivity index (χ1) is 9.24. The Morgan fingerprint density at radius 3 is 3.26 bits per heavy atom. The summed E-state index contributed by atoms with van der Waals surface area (Å²) < 4.78 is 10.6. The van der Waals surface area contributed by atoms with E-state index in [0.717, 1.165) is 29.1 Å². The zero-order chi connectivity index (χ0) is 13.2. The first-order valence-corrected chi connectivity index (χ1v) is 6.86. The molecule has 3 heterocycles. The van der Waals surface area contributed by atoms with Crippen LogP contribution in [-0.4, -0.2) is 22.7 Å². The first-order valence-electron chi connectivity index (χ1n) is 5.98. The van der Waals surface area contributed by atoms with Gasteiger partial charge in [-0.3, -0.25) is 4.79 Å². The first kappa shape index (κ1) is 12.3. The van der Waals surface area contributed by atoms with Crippen LogP contribution in [0.25, 0.3) is 0 Å². The van der Waals surface area contributed by atoms with Crippen LogP contribution in [0.3, 0.4) is 0 Å². The third-order valence-electron chi connectivity index (χ3n) is 2.90. The molecule has 0 unspecified atom stereocenters. The van der Waals surface area contributed by atoms with Crippen LogP contribution in [0.1, 0.15) is 32.5 Å². The molecule has 1 aliphatic rings. The maximum absolute atomic E-state index is 11.9. The van der Waals surface area contributed by atoms with Gasteiger partial charge in [0, 0.05) is 23.1 Å². The van der Waals surface area contributed by atoms with Gasteiger partial charge in [0.15, 0.2) is 5.01 Å². The van der Waals surface area contributed by atoms with Crippen LogP contribution < -0.4 is 5.32 Å². The third-order valence-corrected chi connectivity index (χ3v) is 3.86. The number of rotatable bonds is 3. The molecule has 0 bridgehead atoms. The largest absolute Gasteiger partial charge is 0.376 e. The van der Waals surface area contributed by atoms with Crippen molar-refractivity contribution in [3.05, 3.63) is 33.1 Å². The maximum Gasteiger partial charge on any atom is 0.280 e. The second kappa shape index (κ2) is 5.10. The number of nitrogens with zero attached hydrogens (tertiary/aromatic N) is 2. The predicted molar refractivity (Wildman–Crippen MR) is 67.9 cm³/mol. The lowest BCUT2D eigenvalue weighted by Gasteiger charge is -2.10. The van der Waals surface area contributed by atoms with Crippen LogP contribution in [0.2, 0.25) is 0 Å². The summed E-state index contributed by atoms with van der Waals surface area (Å²) in [5.41, 5.74) is 2.54. The Morgan fingerprint density at radius 2 is 2.47 bits per heavy atom. The highest BCUT2D eigenvalue weighted by Crippen LogP contribution is 2.20. The Balaban J connectivity index is 1.66. The molecule has 0 fully saturated rings. The van der Waals surface area contributed by atoms with Crippen LogP contribution in [0.5, 0.6) is 0 Å². The third kappa shape index (κ3) is 2.52. The summed E-state index contributed by atoms with van der Waals surface area (Å²) in [5, 5.41) is 9.09. The molecular weight excluding hydrogens is 266 g/mol. The monoisotopic (exact) mass is 279 g/mol. The molecule has 6 nitrogen and oxygen atoms in total. The normalized spacial score (nSPS) is 14.2. The van der Waals surface area contributed by atoms with Crippen molar-refractivity contribution in [3.63, 3.8) is 0 Å². The lowest BCUT2D eigenvalue weighted by Crippen LogP contribution is -2.24. The number of carbonyl (C=O) groups excluding carboxylic acids is 1. The maximum atomic E-state index is 11.9. The molecule has 19 heavy (non-hydrogen) atoms. The van der Waals surface area contributed by atoms with Gasteiger partial charge in [0.2, 0.25) is 0 Å². The minimum Gasteiger partial charge on any atom is -0.376 e. The molecule has 7 heteroatoms. The number of thiazole rings is 1. The van der Waals surface area contributed by atoms with Crippen molar-refractivity contribution in [2.24, 2.45) is 0 Å². The highest BCUT2D eigenvalue weighted by Gasteiger charge is 2.20. The lowest BCUT2D eigenvalue weighted by molar-refractivity contribution is 0.0946. The summed E-state index contributed by atoms with van der Waals surface area (Å²) in [7, 11) is 0. The van der Waals surface area contributed by atoms with Crippen molar-refractivity contribution < 1.29 is 14.1 Å². The molecule has 0 saturated heterocycles. The number of aromatic nitrogens is 2. The van der Waals surface area contributed by atoms with Crippen molar-refractivity contribution in [3.8, 4) is 0 Å². The molecule has 1 N–H and O–H groups in total. The highest BCUT2D eigenvalue weighted by molar-refractivity contribution is 7.11. The van der Waals surface area contributed by atoms with Crippen molar-refractivity contribution in [1.82, 2.24) is 15.5 Å². The predicted octanol–water partition coefficient (Wildman–Crippen LogP) is 1.44. The van der Waals surface area contributed by atoms with E-state index < -0.39 is 0 Å². The molecule has 1 amide bonds. The van der Waals surface area contributed by atoms with E-state index in [0.29, 0.717) is 24.8 Å². The van der Waals surface area contributed by atoms with Crippen LogP contribution in [-0.2, 0) is 24.3 Å². The lowest BCUT2D eigenvalue weighted by atomic mass is 10.1. The summed E-state index contributed by atoms with van der Waals surface area (Å²) in [4.78, 5) is 16.0. The van der Waals surface area contributed by atoms with Gasteiger partial charge in [0.05, 0.1) is 19.8 Å². The molecule has 0 atom stereocenters. The summed E-state index contributed by atoms with van der Waals surface area (Å²) in [6.45, 7) is 3.35.